The molecule has 1 N–H and O–H groups in total. The molecule has 0 atom stereocenters. The minimum absolute atomic E-state index is 0.121. The largest absolute Gasteiger partial charge is 0.485 e. The van der Waals surface area contributed by atoms with Crippen LogP contribution in [-0.2, 0) is 17.6 Å². The van der Waals surface area contributed by atoms with Crippen LogP contribution in [-0.4, -0.2) is 27.8 Å². The van der Waals surface area contributed by atoms with Gasteiger partial charge >= 0.3 is 0 Å². The minimum atomic E-state index is -0.317. The number of hydrogen-bond acceptors (Lipinski definition) is 3. The van der Waals surface area contributed by atoms with Crippen molar-refractivity contribution in [2.45, 2.75) is 77.9 Å². The Morgan fingerprint density at radius 3 is 2.40 bits per heavy atom. The molecule has 4 heteroatoms. The fraction of sp³-hybridized carbons (Fsp3) is 0.500. The molecule has 1 heterocycles. The van der Waals surface area contributed by atoms with Gasteiger partial charge in [0.15, 0.2) is 0 Å². The van der Waals surface area contributed by atoms with Crippen LogP contribution in [0.5, 0.6) is 5.75 Å². The standard InChI is InChI=1S/C26H34N2O2/c1-6-29-26(14-15-26)25(4,5)30-21-12-10-20(11-13-21)8-7-9-24-27-22-16-18(2)19(3)17-23(22)28-24/h10-13,16-17H,6-9,14-15H2,1-5H3,(H,27,28). The molecule has 1 aliphatic rings. The molecule has 0 unspecified atom stereocenters. The third-order valence-electron chi connectivity index (χ3n) is 6.54. The molecular weight excluding hydrogens is 372 g/mol. The van der Waals surface area contributed by atoms with Crippen LogP contribution in [0.25, 0.3) is 11.0 Å². The van der Waals surface area contributed by atoms with E-state index in [9.17, 15) is 0 Å². The van der Waals surface area contributed by atoms with Gasteiger partial charge in [0.05, 0.1) is 11.0 Å². The third-order valence-corrected chi connectivity index (χ3v) is 6.54. The Hall–Kier alpha value is -2.33. The van der Waals surface area contributed by atoms with E-state index in [0.717, 1.165) is 61.3 Å². The van der Waals surface area contributed by atoms with Gasteiger partial charge in [-0.05, 0) is 101 Å². The van der Waals surface area contributed by atoms with Crippen LogP contribution in [0.1, 0.15) is 62.5 Å². The van der Waals surface area contributed by atoms with Crippen molar-refractivity contribution in [2.24, 2.45) is 0 Å². The molecule has 0 amide bonds. The summed E-state index contributed by atoms with van der Waals surface area (Å²) in [5, 5.41) is 0. The van der Waals surface area contributed by atoms with Gasteiger partial charge in [-0.2, -0.15) is 0 Å². The highest BCUT2D eigenvalue weighted by molar-refractivity contribution is 5.77. The normalized spacial score (nSPS) is 15.5. The van der Waals surface area contributed by atoms with Gasteiger partial charge in [0.25, 0.3) is 0 Å². The van der Waals surface area contributed by atoms with Gasteiger partial charge in [-0.1, -0.05) is 12.1 Å². The molecular formula is C26H34N2O2. The van der Waals surface area contributed by atoms with E-state index >= 15 is 0 Å². The second-order valence-electron chi connectivity index (χ2n) is 9.17. The summed E-state index contributed by atoms with van der Waals surface area (Å²) in [7, 11) is 0. The Balaban J connectivity index is 1.32. The lowest BCUT2D eigenvalue weighted by Gasteiger charge is -2.35. The lowest BCUT2D eigenvalue weighted by Crippen LogP contribution is -2.45. The lowest BCUT2D eigenvalue weighted by molar-refractivity contribution is -0.0891. The van der Waals surface area contributed by atoms with Crippen LogP contribution in [0.3, 0.4) is 0 Å². The molecule has 0 spiro atoms. The Bertz CT molecular complexity index is 974. The smallest absolute Gasteiger partial charge is 0.132 e. The summed E-state index contributed by atoms with van der Waals surface area (Å²) in [6.45, 7) is 11.3. The SMILES string of the molecule is CCOC1(C(C)(C)Oc2ccc(CCCc3nc4cc(C)c(C)cc4[nH]3)cc2)CC1. The van der Waals surface area contributed by atoms with Crippen LogP contribution in [0.4, 0.5) is 0 Å². The fourth-order valence-corrected chi connectivity index (χ4v) is 4.32. The van der Waals surface area contributed by atoms with E-state index in [-0.39, 0.29) is 11.2 Å². The second-order valence-corrected chi connectivity index (χ2v) is 9.17. The van der Waals surface area contributed by atoms with Gasteiger partial charge in [0.2, 0.25) is 0 Å². The van der Waals surface area contributed by atoms with Crippen LogP contribution < -0.4 is 4.74 Å². The summed E-state index contributed by atoms with van der Waals surface area (Å²) in [6, 6.07) is 12.9. The number of rotatable bonds is 9. The maximum Gasteiger partial charge on any atom is 0.132 e. The number of nitrogens with one attached hydrogen (secondary N) is 1. The number of nitrogens with zero attached hydrogens (tertiary/aromatic N) is 1. The van der Waals surface area contributed by atoms with E-state index in [0.29, 0.717) is 0 Å². The summed E-state index contributed by atoms with van der Waals surface area (Å²) >= 11 is 0. The lowest BCUT2D eigenvalue weighted by atomic mass is 9.98. The highest BCUT2D eigenvalue weighted by atomic mass is 16.6. The summed E-state index contributed by atoms with van der Waals surface area (Å²) < 4.78 is 12.3. The van der Waals surface area contributed by atoms with Crippen molar-refractivity contribution in [2.75, 3.05) is 6.61 Å². The average Bonchev–Trinajstić information content (AvgIpc) is 3.39. The molecule has 0 aliphatic heterocycles. The molecule has 2 aromatic carbocycles. The Labute approximate surface area is 180 Å². The molecule has 3 aromatic rings. The topological polar surface area (TPSA) is 47.1 Å². The molecule has 4 rings (SSSR count). The number of imidazole rings is 1. The third kappa shape index (κ3) is 4.24. The maximum atomic E-state index is 6.32. The average molecular weight is 407 g/mol. The predicted octanol–water partition coefficient (Wildman–Crippen LogP) is 6.08. The number of ether oxygens (including phenoxy) is 2. The van der Waals surface area contributed by atoms with Crippen molar-refractivity contribution in [3.63, 3.8) is 0 Å². The van der Waals surface area contributed by atoms with E-state index in [1.54, 1.807) is 0 Å². The van der Waals surface area contributed by atoms with E-state index in [1.807, 2.05) is 0 Å². The highest BCUT2D eigenvalue weighted by Gasteiger charge is 2.57. The van der Waals surface area contributed by atoms with E-state index in [1.165, 1.54) is 16.7 Å². The number of aromatic amines is 1. The first-order valence-corrected chi connectivity index (χ1v) is 11.2. The molecule has 1 aromatic heterocycles. The molecule has 0 bridgehead atoms. The number of aryl methyl sites for hydroxylation is 4. The zero-order valence-corrected chi connectivity index (χ0v) is 19.0. The van der Waals surface area contributed by atoms with E-state index in [4.69, 9.17) is 14.5 Å². The van der Waals surface area contributed by atoms with Gasteiger partial charge in [0, 0.05) is 13.0 Å². The number of hydrogen-bond donors (Lipinski definition) is 1. The van der Waals surface area contributed by atoms with Crippen LogP contribution in [0.15, 0.2) is 36.4 Å². The van der Waals surface area contributed by atoms with Gasteiger partial charge in [0.1, 0.15) is 22.8 Å². The molecule has 1 fully saturated rings. The van der Waals surface area contributed by atoms with Gasteiger partial charge in [-0.25, -0.2) is 4.98 Å². The Morgan fingerprint density at radius 1 is 1.03 bits per heavy atom. The van der Waals surface area contributed by atoms with Crippen molar-refractivity contribution < 1.29 is 9.47 Å². The number of aromatic nitrogens is 2. The van der Waals surface area contributed by atoms with Gasteiger partial charge < -0.3 is 14.5 Å². The van der Waals surface area contributed by atoms with Crippen LogP contribution in [0.2, 0.25) is 0 Å². The fourth-order valence-electron chi connectivity index (χ4n) is 4.32. The first-order valence-electron chi connectivity index (χ1n) is 11.2. The zero-order valence-electron chi connectivity index (χ0n) is 19.0. The first-order chi connectivity index (χ1) is 14.3. The predicted molar refractivity (Wildman–Crippen MR) is 122 cm³/mol. The molecule has 160 valence electrons. The molecule has 1 aliphatic carbocycles. The summed E-state index contributed by atoms with van der Waals surface area (Å²) in [6.07, 6.45) is 5.20. The molecule has 30 heavy (non-hydrogen) atoms. The summed E-state index contributed by atoms with van der Waals surface area (Å²) in [4.78, 5) is 8.23. The molecule has 4 nitrogen and oxygen atoms in total. The quantitative estimate of drug-likeness (QED) is 0.468. The van der Waals surface area contributed by atoms with Crippen molar-refractivity contribution in [3.8, 4) is 5.75 Å². The Morgan fingerprint density at radius 2 is 1.73 bits per heavy atom. The van der Waals surface area contributed by atoms with Crippen molar-refractivity contribution in [1.82, 2.24) is 9.97 Å². The number of benzene rings is 2. The van der Waals surface area contributed by atoms with Crippen LogP contribution >= 0.6 is 0 Å². The van der Waals surface area contributed by atoms with Crippen LogP contribution in [0, 0.1) is 13.8 Å². The van der Waals surface area contributed by atoms with Crippen molar-refractivity contribution in [1.29, 1.82) is 0 Å². The Kier molecular flexibility index (Phi) is 5.63. The zero-order chi connectivity index (χ0) is 21.4. The highest BCUT2D eigenvalue weighted by Crippen LogP contribution is 2.49. The van der Waals surface area contributed by atoms with Crippen molar-refractivity contribution in [3.05, 3.63) is 58.9 Å². The van der Waals surface area contributed by atoms with E-state index in [2.05, 4.69) is 76.0 Å². The van der Waals surface area contributed by atoms with Gasteiger partial charge in [-0.3, -0.25) is 0 Å². The minimum Gasteiger partial charge on any atom is -0.485 e. The molecule has 1 saturated carbocycles. The summed E-state index contributed by atoms with van der Waals surface area (Å²) in [5.74, 6) is 1.99. The van der Waals surface area contributed by atoms with Crippen molar-refractivity contribution >= 4 is 11.0 Å². The summed E-state index contributed by atoms with van der Waals surface area (Å²) in [5.41, 5.74) is 5.69. The number of H-pyrrole nitrogens is 1. The number of fused-ring (bicyclic) bond motifs is 1. The second kappa shape index (κ2) is 8.07. The molecule has 0 radical (unpaired) electrons. The van der Waals surface area contributed by atoms with Gasteiger partial charge in [-0.15, -0.1) is 0 Å². The monoisotopic (exact) mass is 406 g/mol. The maximum absolute atomic E-state index is 6.32. The first kappa shape index (κ1) is 20.9. The molecule has 0 saturated heterocycles. The van der Waals surface area contributed by atoms with E-state index < -0.39 is 0 Å².